The van der Waals surface area contributed by atoms with Gasteiger partial charge < -0.3 is 4.57 Å². The molecule has 1 aromatic rings. The van der Waals surface area contributed by atoms with Crippen molar-refractivity contribution in [3.8, 4) is 0 Å². The van der Waals surface area contributed by atoms with E-state index in [1.54, 1.807) is 20.9 Å². The van der Waals surface area contributed by atoms with Gasteiger partial charge in [-0.3, -0.25) is 0 Å². The van der Waals surface area contributed by atoms with Crippen LogP contribution in [-0.2, 0) is 27.1 Å². The minimum Gasteiger partial charge on any atom is -0.324 e. The number of halogens is 1. The van der Waals surface area contributed by atoms with E-state index in [4.69, 9.17) is 11.6 Å². The smallest absolute Gasteiger partial charge is 0.261 e. The Kier molecular flexibility index (Phi) is 4.87. The molecule has 0 amide bonds. The predicted molar refractivity (Wildman–Crippen MR) is 75.5 cm³/mol. The molecule has 0 aliphatic carbocycles. The number of imidazole rings is 1. The Balaban J connectivity index is 2.86. The molecule has 0 radical (unpaired) electrons. The van der Waals surface area contributed by atoms with E-state index in [0.717, 1.165) is 6.26 Å². The zero-order chi connectivity index (χ0) is 15.8. The Morgan fingerprint density at radius 3 is 2.30 bits per heavy atom. The highest BCUT2D eigenvalue weighted by Crippen LogP contribution is 2.18. The summed E-state index contributed by atoms with van der Waals surface area (Å²) in [4.78, 5) is 3.70. The highest BCUT2D eigenvalue weighted by atomic mass is 35.5. The topological polar surface area (TPSA) is 110 Å². The molecule has 0 fully saturated rings. The van der Waals surface area contributed by atoms with Crippen molar-refractivity contribution in [2.45, 2.75) is 24.4 Å². The van der Waals surface area contributed by atoms with Crippen molar-refractivity contribution in [1.29, 1.82) is 0 Å². The minimum atomic E-state index is -3.91. The minimum absolute atomic E-state index is 0.0219. The van der Waals surface area contributed by atoms with Gasteiger partial charge in [-0.2, -0.15) is 0 Å². The first-order valence-electron chi connectivity index (χ1n) is 5.49. The number of sulfonamides is 2. The second-order valence-corrected chi connectivity index (χ2v) is 8.82. The Morgan fingerprint density at radius 1 is 1.35 bits per heavy atom. The van der Waals surface area contributed by atoms with Crippen LogP contribution < -0.4 is 9.44 Å². The average molecular weight is 345 g/mol. The Morgan fingerprint density at radius 2 is 1.90 bits per heavy atom. The van der Waals surface area contributed by atoms with Gasteiger partial charge in [-0.25, -0.2) is 31.3 Å². The van der Waals surface area contributed by atoms with Crippen molar-refractivity contribution in [3.05, 3.63) is 11.5 Å². The molecule has 0 atom stereocenters. The van der Waals surface area contributed by atoms with Gasteiger partial charge in [0.2, 0.25) is 15.0 Å². The van der Waals surface area contributed by atoms with Crippen molar-refractivity contribution < 1.29 is 16.8 Å². The molecule has 20 heavy (non-hydrogen) atoms. The monoisotopic (exact) mass is 344 g/mol. The molecule has 0 aliphatic heterocycles. The third-order valence-electron chi connectivity index (χ3n) is 2.25. The summed E-state index contributed by atoms with van der Waals surface area (Å²) in [6.45, 7) is 2.96. The molecule has 0 aromatic carbocycles. The van der Waals surface area contributed by atoms with Gasteiger partial charge in [-0.05, 0) is 13.8 Å². The first kappa shape index (κ1) is 17.4. The molecule has 1 aromatic heterocycles. The summed E-state index contributed by atoms with van der Waals surface area (Å²) < 4.78 is 52.4. The largest absolute Gasteiger partial charge is 0.324 e. The molecular formula is C9H17ClN4O4S2. The maximum Gasteiger partial charge on any atom is 0.261 e. The van der Waals surface area contributed by atoms with Crippen molar-refractivity contribution in [2.75, 3.05) is 12.8 Å². The van der Waals surface area contributed by atoms with Crippen LogP contribution in [0, 0.1) is 0 Å². The number of hydrogen-bond acceptors (Lipinski definition) is 5. The summed E-state index contributed by atoms with van der Waals surface area (Å²) in [7, 11) is -5.80. The third kappa shape index (κ3) is 4.70. The fraction of sp³-hybridized carbons (Fsp3) is 0.667. The molecular weight excluding hydrogens is 328 g/mol. The Labute approximate surface area is 123 Å². The number of aryl methyl sites for hydroxylation is 1. The van der Waals surface area contributed by atoms with Crippen LogP contribution in [0.3, 0.4) is 0 Å². The SMILES string of the molecule is Cn1cnc(S(=O)(=O)NCC(C)(C)NS(C)(=O)=O)c1Cl. The van der Waals surface area contributed by atoms with Gasteiger partial charge in [0.05, 0.1) is 12.6 Å². The maximum atomic E-state index is 12.0. The van der Waals surface area contributed by atoms with Crippen LogP contribution in [0.1, 0.15) is 13.8 Å². The van der Waals surface area contributed by atoms with Crippen LogP contribution in [-0.4, -0.2) is 44.7 Å². The van der Waals surface area contributed by atoms with Crippen LogP contribution in [0.25, 0.3) is 0 Å². The first-order chi connectivity index (χ1) is 8.84. The summed E-state index contributed by atoms with van der Waals surface area (Å²) in [5.74, 6) is 0. The molecule has 0 aliphatic rings. The molecule has 0 saturated carbocycles. The lowest BCUT2D eigenvalue weighted by Gasteiger charge is -2.24. The van der Waals surface area contributed by atoms with Gasteiger partial charge in [0.15, 0.2) is 0 Å². The van der Waals surface area contributed by atoms with E-state index in [1.807, 2.05) is 0 Å². The summed E-state index contributed by atoms with van der Waals surface area (Å²) in [6.07, 6.45) is 2.27. The summed E-state index contributed by atoms with van der Waals surface area (Å²) in [5, 5.41) is -0.316. The summed E-state index contributed by atoms with van der Waals surface area (Å²) in [5.41, 5.74) is -0.984. The second kappa shape index (κ2) is 5.60. The zero-order valence-corrected chi connectivity index (χ0v) is 13.9. The summed E-state index contributed by atoms with van der Waals surface area (Å²) >= 11 is 5.82. The molecule has 116 valence electrons. The van der Waals surface area contributed by atoms with Crippen molar-refractivity contribution in [2.24, 2.45) is 7.05 Å². The van der Waals surface area contributed by atoms with Crippen LogP contribution in [0.2, 0.25) is 5.15 Å². The van der Waals surface area contributed by atoms with E-state index in [9.17, 15) is 16.8 Å². The van der Waals surface area contributed by atoms with E-state index < -0.39 is 25.6 Å². The fourth-order valence-electron chi connectivity index (χ4n) is 1.46. The molecule has 0 spiro atoms. The van der Waals surface area contributed by atoms with Crippen LogP contribution in [0.4, 0.5) is 0 Å². The van der Waals surface area contributed by atoms with Gasteiger partial charge in [0.1, 0.15) is 5.15 Å². The fourth-order valence-corrected chi connectivity index (χ4v) is 4.17. The molecule has 0 saturated heterocycles. The normalized spacial score (nSPS) is 13.7. The number of nitrogens with zero attached hydrogens (tertiary/aromatic N) is 2. The number of hydrogen-bond donors (Lipinski definition) is 2. The Hall–Kier alpha value is -0.680. The van der Waals surface area contributed by atoms with Crippen LogP contribution in [0.15, 0.2) is 11.4 Å². The van der Waals surface area contributed by atoms with Gasteiger partial charge in [-0.1, -0.05) is 11.6 Å². The van der Waals surface area contributed by atoms with E-state index in [2.05, 4.69) is 14.4 Å². The van der Waals surface area contributed by atoms with Crippen molar-refractivity contribution in [3.63, 3.8) is 0 Å². The molecule has 2 N–H and O–H groups in total. The molecule has 8 nitrogen and oxygen atoms in total. The van der Waals surface area contributed by atoms with E-state index in [-0.39, 0.29) is 16.7 Å². The molecule has 1 rings (SSSR count). The van der Waals surface area contributed by atoms with E-state index in [0.29, 0.717) is 0 Å². The summed E-state index contributed by atoms with van der Waals surface area (Å²) in [6, 6.07) is 0. The van der Waals surface area contributed by atoms with E-state index in [1.165, 1.54) is 10.9 Å². The third-order valence-corrected chi connectivity index (χ3v) is 5.07. The van der Waals surface area contributed by atoms with Crippen LogP contribution in [0.5, 0.6) is 0 Å². The lowest BCUT2D eigenvalue weighted by Crippen LogP contribution is -2.50. The Bertz CT molecular complexity index is 694. The van der Waals surface area contributed by atoms with Gasteiger partial charge in [0.25, 0.3) is 10.0 Å². The predicted octanol–water partition coefficient (Wildman–Crippen LogP) is -0.320. The lowest BCUT2D eigenvalue weighted by molar-refractivity contribution is 0.445. The molecule has 0 unspecified atom stereocenters. The van der Waals surface area contributed by atoms with Gasteiger partial charge >= 0.3 is 0 Å². The maximum absolute atomic E-state index is 12.0. The molecule has 11 heteroatoms. The van der Waals surface area contributed by atoms with Crippen LogP contribution >= 0.6 is 11.6 Å². The van der Waals surface area contributed by atoms with Gasteiger partial charge in [0, 0.05) is 19.1 Å². The van der Waals surface area contributed by atoms with Gasteiger partial charge in [-0.15, -0.1) is 0 Å². The number of nitrogens with one attached hydrogen (secondary N) is 2. The molecule has 1 heterocycles. The molecule has 0 bridgehead atoms. The lowest BCUT2D eigenvalue weighted by atomic mass is 10.1. The second-order valence-electron chi connectivity index (χ2n) is 5.03. The van der Waals surface area contributed by atoms with Crippen molar-refractivity contribution in [1.82, 2.24) is 19.0 Å². The van der Waals surface area contributed by atoms with E-state index >= 15 is 0 Å². The average Bonchev–Trinajstić information content (AvgIpc) is 2.54. The number of aromatic nitrogens is 2. The quantitative estimate of drug-likeness (QED) is 0.734. The highest BCUT2D eigenvalue weighted by Gasteiger charge is 2.27. The highest BCUT2D eigenvalue weighted by molar-refractivity contribution is 7.89. The standard InChI is InChI=1S/C9H17ClN4O4S2/c1-9(2,13-19(4,15)16)5-12-20(17,18)8-7(10)14(3)6-11-8/h6,12-13H,5H2,1-4H3. The zero-order valence-electron chi connectivity index (χ0n) is 11.5. The van der Waals surface area contributed by atoms with Crippen molar-refractivity contribution >= 4 is 31.6 Å². The first-order valence-corrected chi connectivity index (χ1v) is 9.25. The number of rotatable bonds is 6.